The van der Waals surface area contributed by atoms with Gasteiger partial charge in [0.05, 0.1) is 5.02 Å². The van der Waals surface area contributed by atoms with Crippen LogP contribution >= 0.6 is 11.6 Å². The van der Waals surface area contributed by atoms with Crippen LogP contribution in [-0.2, 0) is 16.1 Å². The third-order valence-electron chi connectivity index (χ3n) is 4.16. The van der Waals surface area contributed by atoms with Crippen LogP contribution in [0, 0.1) is 11.7 Å². The molecule has 0 spiro atoms. The van der Waals surface area contributed by atoms with Gasteiger partial charge in [-0.05, 0) is 49.5 Å². The van der Waals surface area contributed by atoms with Gasteiger partial charge in [-0.25, -0.2) is 14.0 Å². The Bertz CT molecular complexity index is 660. The zero-order valence-electron chi connectivity index (χ0n) is 16.2. The first-order valence-electron chi connectivity index (χ1n) is 9.21. The lowest BCUT2D eigenvalue weighted by atomic mass is 10.0. The van der Waals surface area contributed by atoms with Crippen molar-refractivity contribution in [3.8, 4) is 0 Å². The highest BCUT2D eigenvalue weighted by atomic mass is 35.5. The topological polar surface area (TPSA) is 89.9 Å². The first kappa shape index (κ1) is 24.1. The molecule has 1 saturated heterocycles. The Balaban J connectivity index is 0.000000416. The number of carboxylic acid groups (broad SMARTS) is 2. The molecule has 1 heterocycles. The lowest BCUT2D eigenvalue weighted by Gasteiger charge is -2.36. The molecular formula is C20H28ClFN2O4. The normalized spacial score (nSPS) is 14.9. The first-order valence-corrected chi connectivity index (χ1v) is 9.59. The zero-order valence-corrected chi connectivity index (χ0v) is 17.0. The number of hydrogen-bond acceptors (Lipinski definition) is 4. The molecule has 3 N–H and O–H groups in total. The number of carboxylic acids is 2. The molecule has 0 amide bonds. The third-order valence-corrected chi connectivity index (χ3v) is 4.45. The predicted molar refractivity (Wildman–Crippen MR) is 107 cm³/mol. The van der Waals surface area contributed by atoms with Crippen LogP contribution in [0.5, 0.6) is 0 Å². The van der Waals surface area contributed by atoms with E-state index in [0.717, 1.165) is 31.7 Å². The number of nitrogens with one attached hydrogen (secondary N) is 1. The van der Waals surface area contributed by atoms with Crippen LogP contribution in [0.4, 0.5) is 4.39 Å². The Morgan fingerprint density at radius 2 is 1.82 bits per heavy atom. The quantitative estimate of drug-likeness (QED) is 0.592. The molecule has 1 aromatic rings. The summed E-state index contributed by atoms with van der Waals surface area (Å²) in [4.78, 5) is 21.6. The molecule has 0 radical (unpaired) electrons. The van der Waals surface area contributed by atoms with Gasteiger partial charge in [0.25, 0.3) is 0 Å². The van der Waals surface area contributed by atoms with E-state index in [-0.39, 0.29) is 10.8 Å². The maximum Gasteiger partial charge on any atom is 0.328 e. The van der Waals surface area contributed by atoms with E-state index in [4.69, 9.17) is 21.8 Å². The average Bonchev–Trinajstić information content (AvgIpc) is 2.63. The van der Waals surface area contributed by atoms with Gasteiger partial charge in [-0.2, -0.15) is 0 Å². The molecule has 0 aliphatic carbocycles. The minimum atomic E-state index is -1.26. The van der Waals surface area contributed by atoms with Gasteiger partial charge in [0.1, 0.15) is 5.82 Å². The summed E-state index contributed by atoms with van der Waals surface area (Å²) in [6.07, 6.45) is 3.48. The van der Waals surface area contributed by atoms with E-state index in [1.54, 1.807) is 6.07 Å². The van der Waals surface area contributed by atoms with Crippen LogP contribution in [0.15, 0.2) is 30.4 Å². The van der Waals surface area contributed by atoms with Crippen LogP contribution in [0.3, 0.4) is 0 Å². The molecular weight excluding hydrogens is 387 g/mol. The average molecular weight is 415 g/mol. The molecule has 0 saturated carbocycles. The Hall–Kier alpha value is -1.96. The third kappa shape index (κ3) is 9.82. The SMILES string of the molecule is CC(C)CN(Cc1ccc(F)c(Cl)c1)C1CCNCC1.O=C(O)/C=C/C(=O)O. The van der Waals surface area contributed by atoms with E-state index in [2.05, 4.69) is 24.1 Å². The van der Waals surface area contributed by atoms with Crippen LogP contribution < -0.4 is 5.32 Å². The lowest BCUT2D eigenvalue weighted by molar-refractivity contribution is -0.134. The molecule has 0 atom stereocenters. The van der Waals surface area contributed by atoms with Gasteiger partial charge in [0.15, 0.2) is 0 Å². The van der Waals surface area contributed by atoms with Crippen molar-refractivity contribution in [2.75, 3.05) is 19.6 Å². The van der Waals surface area contributed by atoms with Crippen molar-refractivity contribution in [3.63, 3.8) is 0 Å². The highest BCUT2D eigenvalue weighted by molar-refractivity contribution is 6.30. The summed E-state index contributed by atoms with van der Waals surface area (Å²) in [6.45, 7) is 8.58. The van der Waals surface area contributed by atoms with Gasteiger partial charge < -0.3 is 15.5 Å². The summed E-state index contributed by atoms with van der Waals surface area (Å²) in [5.41, 5.74) is 1.09. The summed E-state index contributed by atoms with van der Waals surface area (Å²) in [5.74, 6) is -2.23. The van der Waals surface area contributed by atoms with Crippen molar-refractivity contribution in [1.29, 1.82) is 0 Å². The van der Waals surface area contributed by atoms with Crippen LogP contribution in [0.2, 0.25) is 5.02 Å². The van der Waals surface area contributed by atoms with E-state index < -0.39 is 11.9 Å². The maximum absolute atomic E-state index is 13.2. The van der Waals surface area contributed by atoms with Gasteiger partial charge in [0.2, 0.25) is 0 Å². The largest absolute Gasteiger partial charge is 0.478 e. The van der Waals surface area contributed by atoms with E-state index in [1.165, 1.54) is 18.9 Å². The molecule has 1 aliphatic heterocycles. The van der Waals surface area contributed by atoms with Crippen LogP contribution in [0.1, 0.15) is 32.3 Å². The van der Waals surface area contributed by atoms with Crippen molar-refractivity contribution in [1.82, 2.24) is 10.2 Å². The number of carbonyl (C=O) groups is 2. The molecule has 0 bridgehead atoms. The minimum absolute atomic E-state index is 0.220. The van der Waals surface area contributed by atoms with Crippen LogP contribution in [-0.4, -0.2) is 52.7 Å². The van der Waals surface area contributed by atoms with Gasteiger partial charge >= 0.3 is 11.9 Å². The van der Waals surface area contributed by atoms with Crippen molar-refractivity contribution in [2.45, 2.75) is 39.3 Å². The van der Waals surface area contributed by atoms with E-state index in [0.29, 0.717) is 24.1 Å². The van der Waals surface area contributed by atoms with Crippen molar-refractivity contribution >= 4 is 23.5 Å². The van der Waals surface area contributed by atoms with Gasteiger partial charge in [-0.15, -0.1) is 0 Å². The van der Waals surface area contributed by atoms with E-state index in [9.17, 15) is 14.0 Å². The molecule has 1 aliphatic rings. The highest BCUT2D eigenvalue weighted by Gasteiger charge is 2.21. The lowest BCUT2D eigenvalue weighted by Crippen LogP contribution is -2.44. The maximum atomic E-state index is 13.2. The standard InChI is InChI=1S/C16H24ClFN2.C4H4O4/c1-12(2)10-20(14-5-7-19-8-6-14)11-13-3-4-16(18)15(17)9-13;5-3(6)1-2-4(7)8/h3-4,9,12,14,19H,5-8,10-11H2,1-2H3;1-2H,(H,5,6)(H,7,8)/b;2-1+. The molecule has 1 fully saturated rings. The molecule has 2 rings (SSSR count). The summed E-state index contributed by atoms with van der Waals surface area (Å²) < 4.78 is 13.2. The Kier molecular flexibility index (Phi) is 10.7. The number of rotatable bonds is 7. The molecule has 0 unspecified atom stereocenters. The number of nitrogens with zero attached hydrogens (tertiary/aromatic N) is 1. The second-order valence-corrected chi connectivity index (χ2v) is 7.47. The van der Waals surface area contributed by atoms with Gasteiger partial charge in [0, 0.05) is 31.3 Å². The fourth-order valence-corrected chi connectivity index (χ4v) is 3.20. The predicted octanol–water partition coefficient (Wildman–Crippen LogP) is 3.40. The Morgan fingerprint density at radius 1 is 1.25 bits per heavy atom. The molecule has 0 aromatic heterocycles. The first-order chi connectivity index (χ1) is 13.2. The van der Waals surface area contributed by atoms with Gasteiger partial charge in [-0.3, -0.25) is 4.90 Å². The van der Waals surface area contributed by atoms with Crippen LogP contribution in [0.25, 0.3) is 0 Å². The molecule has 8 heteroatoms. The molecule has 156 valence electrons. The second kappa shape index (κ2) is 12.5. The molecule has 1 aromatic carbocycles. The monoisotopic (exact) mass is 414 g/mol. The van der Waals surface area contributed by atoms with E-state index in [1.807, 2.05) is 6.07 Å². The number of aliphatic carboxylic acids is 2. The second-order valence-electron chi connectivity index (χ2n) is 7.06. The zero-order chi connectivity index (χ0) is 21.1. The summed E-state index contributed by atoms with van der Waals surface area (Å²) in [5, 5.41) is 19.3. The van der Waals surface area contributed by atoms with Crippen molar-refractivity contribution in [2.24, 2.45) is 5.92 Å². The van der Waals surface area contributed by atoms with Crippen molar-refractivity contribution < 1.29 is 24.2 Å². The fraction of sp³-hybridized carbons (Fsp3) is 0.500. The van der Waals surface area contributed by atoms with Gasteiger partial charge in [-0.1, -0.05) is 31.5 Å². The number of hydrogen-bond donors (Lipinski definition) is 3. The molecule has 6 nitrogen and oxygen atoms in total. The highest BCUT2D eigenvalue weighted by Crippen LogP contribution is 2.21. The molecule has 28 heavy (non-hydrogen) atoms. The number of piperidine rings is 1. The summed E-state index contributed by atoms with van der Waals surface area (Å²) >= 11 is 5.89. The van der Waals surface area contributed by atoms with E-state index >= 15 is 0 Å². The smallest absolute Gasteiger partial charge is 0.328 e. The summed E-state index contributed by atoms with van der Waals surface area (Å²) in [6, 6.07) is 5.68. The minimum Gasteiger partial charge on any atom is -0.478 e. The fourth-order valence-electron chi connectivity index (χ4n) is 3.00. The Labute approximate surface area is 170 Å². The number of benzene rings is 1. The number of halogens is 2. The summed E-state index contributed by atoms with van der Waals surface area (Å²) in [7, 11) is 0. The Morgan fingerprint density at radius 3 is 2.29 bits per heavy atom. The van der Waals surface area contributed by atoms with Crippen molar-refractivity contribution in [3.05, 3.63) is 46.8 Å².